The van der Waals surface area contributed by atoms with Crippen LogP contribution in [0.4, 0.5) is 0 Å². The van der Waals surface area contributed by atoms with Crippen molar-refractivity contribution in [1.82, 2.24) is 5.32 Å². The van der Waals surface area contributed by atoms with Crippen molar-refractivity contribution in [3.63, 3.8) is 0 Å². The first-order chi connectivity index (χ1) is 9.65. The van der Waals surface area contributed by atoms with Crippen molar-refractivity contribution in [1.29, 1.82) is 0 Å². The first-order valence-electron chi connectivity index (χ1n) is 6.34. The number of allylic oxidation sites excluding steroid dienone is 1. The summed E-state index contributed by atoms with van der Waals surface area (Å²) in [5, 5.41) is 2.06. The van der Waals surface area contributed by atoms with Gasteiger partial charge < -0.3 is 10.1 Å². The lowest BCUT2D eigenvalue weighted by Gasteiger charge is -2.07. The Labute approximate surface area is 125 Å². The van der Waals surface area contributed by atoms with Crippen molar-refractivity contribution >= 4 is 17.5 Å². The molecule has 0 aromatic heterocycles. The third-order valence-corrected chi connectivity index (χ3v) is 2.67. The molecule has 20 heavy (non-hydrogen) atoms. The molecule has 1 unspecified atom stereocenters. The number of carbonyl (C=O) groups is 1. The SMILES string of the molecule is C=CCc1ccccc1OCC#CCNC(=O)C(C)Cl. The Morgan fingerprint density at radius 1 is 1.50 bits per heavy atom. The molecule has 0 heterocycles. The highest BCUT2D eigenvalue weighted by atomic mass is 35.5. The van der Waals surface area contributed by atoms with E-state index < -0.39 is 5.38 Å². The summed E-state index contributed by atoms with van der Waals surface area (Å²) < 4.78 is 5.58. The summed E-state index contributed by atoms with van der Waals surface area (Å²) in [6.45, 7) is 5.88. The van der Waals surface area contributed by atoms with Gasteiger partial charge in [0.25, 0.3) is 0 Å². The average Bonchev–Trinajstić information content (AvgIpc) is 2.44. The summed E-state index contributed by atoms with van der Waals surface area (Å²) in [5.41, 5.74) is 1.08. The molecule has 1 aromatic carbocycles. The van der Waals surface area contributed by atoms with Crippen molar-refractivity contribution in [3.8, 4) is 17.6 Å². The molecule has 0 saturated heterocycles. The zero-order chi connectivity index (χ0) is 14.8. The van der Waals surface area contributed by atoms with E-state index in [-0.39, 0.29) is 19.1 Å². The molecule has 1 aromatic rings. The minimum Gasteiger partial charge on any atom is -0.481 e. The molecule has 0 radical (unpaired) electrons. The molecule has 0 aliphatic rings. The van der Waals surface area contributed by atoms with Crippen LogP contribution >= 0.6 is 11.6 Å². The third kappa shape index (κ3) is 5.81. The molecule has 1 amide bonds. The molecule has 1 rings (SSSR count). The maximum absolute atomic E-state index is 11.2. The van der Waals surface area contributed by atoms with Crippen LogP contribution in [0.15, 0.2) is 36.9 Å². The summed E-state index contributed by atoms with van der Waals surface area (Å²) >= 11 is 5.60. The predicted octanol–water partition coefficient (Wildman–Crippen LogP) is 2.54. The van der Waals surface area contributed by atoms with Crippen LogP contribution in [0.5, 0.6) is 5.75 Å². The highest BCUT2D eigenvalue weighted by Gasteiger charge is 2.05. The molecule has 0 aliphatic carbocycles. The van der Waals surface area contributed by atoms with E-state index in [9.17, 15) is 4.79 Å². The number of hydrogen-bond acceptors (Lipinski definition) is 2. The Balaban J connectivity index is 2.38. The monoisotopic (exact) mass is 291 g/mol. The van der Waals surface area contributed by atoms with Gasteiger partial charge in [-0.2, -0.15) is 0 Å². The zero-order valence-corrected chi connectivity index (χ0v) is 12.2. The minimum absolute atomic E-state index is 0.224. The predicted molar refractivity (Wildman–Crippen MR) is 81.9 cm³/mol. The van der Waals surface area contributed by atoms with Crippen LogP contribution in [0, 0.1) is 11.8 Å². The zero-order valence-electron chi connectivity index (χ0n) is 11.5. The van der Waals surface area contributed by atoms with Crippen molar-refractivity contribution in [2.75, 3.05) is 13.2 Å². The molecule has 0 aliphatic heterocycles. The Kier molecular flexibility index (Phi) is 7.31. The fourth-order valence-electron chi connectivity index (χ4n) is 1.47. The van der Waals surface area contributed by atoms with Crippen LogP contribution in [-0.4, -0.2) is 24.4 Å². The molecule has 1 atom stereocenters. The lowest BCUT2D eigenvalue weighted by molar-refractivity contribution is -0.120. The molecule has 4 heteroatoms. The van der Waals surface area contributed by atoms with Crippen LogP contribution < -0.4 is 10.1 Å². The number of nitrogens with one attached hydrogen (secondary N) is 1. The number of alkyl halides is 1. The van der Waals surface area contributed by atoms with Gasteiger partial charge in [-0.25, -0.2) is 0 Å². The number of hydrogen-bond donors (Lipinski definition) is 1. The van der Waals surface area contributed by atoms with E-state index in [1.165, 1.54) is 0 Å². The maximum Gasteiger partial charge on any atom is 0.238 e. The van der Waals surface area contributed by atoms with Crippen LogP contribution in [0.1, 0.15) is 12.5 Å². The fraction of sp³-hybridized carbons (Fsp3) is 0.312. The lowest BCUT2D eigenvalue weighted by Crippen LogP contribution is -2.29. The summed E-state index contributed by atoms with van der Waals surface area (Å²) in [5.74, 6) is 6.23. The van der Waals surface area contributed by atoms with Crippen molar-refractivity contribution < 1.29 is 9.53 Å². The Morgan fingerprint density at radius 3 is 2.95 bits per heavy atom. The third-order valence-electron chi connectivity index (χ3n) is 2.47. The van der Waals surface area contributed by atoms with E-state index in [1.54, 1.807) is 6.92 Å². The van der Waals surface area contributed by atoms with Gasteiger partial charge in [-0.1, -0.05) is 36.1 Å². The topological polar surface area (TPSA) is 38.3 Å². The van der Waals surface area contributed by atoms with Gasteiger partial charge in [0.15, 0.2) is 0 Å². The second kappa shape index (κ2) is 9.06. The van der Waals surface area contributed by atoms with Gasteiger partial charge in [0.2, 0.25) is 5.91 Å². The molecule has 0 spiro atoms. The van der Waals surface area contributed by atoms with E-state index in [1.807, 2.05) is 30.3 Å². The first-order valence-corrected chi connectivity index (χ1v) is 6.78. The first kappa shape index (κ1) is 16.1. The average molecular weight is 292 g/mol. The second-order valence-corrected chi connectivity index (χ2v) is 4.73. The number of benzene rings is 1. The van der Waals surface area contributed by atoms with Gasteiger partial charge in [-0.3, -0.25) is 4.79 Å². The lowest BCUT2D eigenvalue weighted by atomic mass is 10.1. The van der Waals surface area contributed by atoms with Gasteiger partial charge in [-0.05, 0) is 25.0 Å². The van der Waals surface area contributed by atoms with Gasteiger partial charge in [-0.15, -0.1) is 18.2 Å². The number of amides is 1. The molecule has 0 bridgehead atoms. The fourth-order valence-corrected chi connectivity index (χ4v) is 1.55. The Hall–Kier alpha value is -1.92. The number of rotatable bonds is 6. The number of carbonyl (C=O) groups excluding carboxylic acids is 1. The van der Waals surface area contributed by atoms with E-state index in [0.717, 1.165) is 17.7 Å². The van der Waals surface area contributed by atoms with E-state index >= 15 is 0 Å². The van der Waals surface area contributed by atoms with Crippen molar-refractivity contribution in [2.24, 2.45) is 0 Å². The number of ether oxygens (including phenoxy) is 1. The normalized spacial score (nSPS) is 10.9. The van der Waals surface area contributed by atoms with Crippen molar-refractivity contribution in [2.45, 2.75) is 18.7 Å². The number of para-hydroxylation sites is 1. The van der Waals surface area contributed by atoms with Gasteiger partial charge in [0.1, 0.15) is 17.7 Å². The van der Waals surface area contributed by atoms with Crippen LogP contribution in [-0.2, 0) is 11.2 Å². The molecule has 3 nitrogen and oxygen atoms in total. The summed E-state index contributed by atoms with van der Waals surface area (Å²) in [7, 11) is 0. The quantitative estimate of drug-likeness (QED) is 0.497. The van der Waals surface area contributed by atoms with Crippen LogP contribution in [0.2, 0.25) is 0 Å². The van der Waals surface area contributed by atoms with Crippen LogP contribution in [0.3, 0.4) is 0 Å². The second-order valence-electron chi connectivity index (χ2n) is 4.08. The van der Waals surface area contributed by atoms with E-state index in [0.29, 0.717) is 0 Å². The van der Waals surface area contributed by atoms with Gasteiger partial charge in [0.05, 0.1) is 6.54 Å². The molecule has 0 fully saturated rings. The number of halogens is 1. The van der Waals surface area contributed by atoms with E-state index in [4.69, 9.17) is 16.3 Å². The standard InChI is InChI=1S/C16H18ClNO2/c1-3-8-14-9-4-5-10-15(14)20-12-7-6-11-18-16(19)13(2)17/h3-5,9-10,13H,1,8,11-12H2,2H3,(H,18,19). The highest BCUT2D eigenvalue weighted by molar-refractivity contribution is 6.30. The molecular formula is C16H18ClNO2. The van der Waals surface area contributed by atoms with Crippen LogP contribution in [0.25, 0.3) is 0 Å². The largest absolute Gasteiger partial charge is 0.481 e. The van der Waals surface area contributed by atoms with E-state index in [2.05, 4.69) is 23.7 Å². The molecule has 0 saturated carbocycles. The Bertz CT molecular complexity index is 515. The summed E-state index contributed by atoms with van der Waals surface area (Å²) in [4.78, 5) is 11.2. The van der Waals surface area contributed by atoms with Crippen molar-refractivity contribution in [3.05, 3.63) is 42.5 Å². The minimum atomic E-state index is -0.543. The molecule has 1 N–H and O–H groups in total. The van der Waals surface area contributed by atoms with Gasteiger partial charge in [0, 0.05) is 0 Å². The van der Waals surface area contributed by atoms with Gasteiger partial charge >= 0.3 is 0 Å². The smallest absolute Gasteiger partial charge is 0.238 e. The molecular weight excluding hydrogens is 274 g/mol. The molecule has 106 valence electrons. The maximum atomic E-state index is 11.2. The summed E-state index contributed by atoms with van der Waals surface area (Å²) in [6, 6.07) is 7.77. The summed E-state index contributed by atoms with van der Waals surface area (Å²) in [6.07, 6.45) is 2.59. The Morgan fingerprint density at radius 2 is 2.25 bits per heavy atom. The highest BCUT2D eigenvalue weighted by Crippen LogP contribution is 2.18.